The van der Waals surface area contributed by atoms with Crippen molar-refractivity contribution >= 4 is 32.6 Å². The molecule has 0 aliphatic carbocycles. The number of piperidine rings is 1. The Morgan fingerprint density at radius 1 is 1.30 bits per heavy atom. The summed E-state index contributed by atoms with van der Waals surface area (Å²) in [5.74, 6) is -4.94. The summed E-state index contributed by atoms with van der Waals surface area (Å²) >= 11 is 1.06. The highest BCUT2D eigenvalue weighted by Gasteiger charge is 2.47. The molecule has 1 amide bonds. The Bertz CT molecular complexity index is 1310. The summed E-state index contributed by atoms with van der Waals surface area (Å²) in [6, 6.07) is 4.75. The van der Waals surface area contributed by atoms with Gasteiger partial charge in [-0.05, 0) is 19.5 Å². The molecule has 4 heterocycles. The van der Waals surface area contributed by atoms with Crippen LogP contribution in [0.2, 0.25) is 0 Å². The van der Waals surface area contributed by atoms with Gasteiger partial charge in [-0.2, -0.15) is 4.73 Å². The molecule has 1 aromatic carbocycles. The number of ether oxygens (including phenoxy) is 2. The van der Waals surface area contributed by atoms with Gasteiger partial charge in [-0.25, -0.2) is 13.8 Å². The van der Waals surface area contributed by atoms with Gasteiger partial charge in [-0.3, -0.25) is 9.69 Å². The highest BCUT2D eigenvalue weighted by Crippen LogP contribution is 2.45. The fourth-order valence-corrected chi connectivity index (χ4v) is 5.39. The molecule has 2 atom stereocenters. The van der Waals surface area contributed by atoms with Gasteiger partial charge in [0.2, 0.25) is 11.6 Å². The summed E-state index contributed by atoms with van der Waals surface area (Å²) in [7, 11) is 1.65. The lowest BCUT2D eigenvalue weighted by Gasteiger charge is -2.40. The first kappa shape index (κ1) is 25.4. The van der Waals surface area contributed by atoms with Crippen LogP contribution in [0.4, 0.5) is 22.7 Å². The zero-order valence-corrected chi connectivity index (χ0v) is 20.6. The fourth-order valence-electron chi connectivity index (χ4n) is 4.51. The number of hydrogen-bond acceptors (Lipinski definition) is 8. The molecule has 1 saturated heterocycles. The number of fused-ring (bicyclic) bond motifs is 2. The smallest absolute Gasteiger partial charge is 0.586 e. The van der Waals surface area contributed by atoms with Crippen molar-refractivity contribution in [3.8, 4) is 11.5 Å². The molecule has 0 bridgehead atoms. The number of carbonyl (C=O) groups is 1. The molecule has 0 spiro atoms. The Balaban J connectivity index is 1.30. The highest BCUT2D eigenvalue weighted by atomic mass is 32.1. The van der Waals surface area contributed by atoms with Crippen LogP contribution in [0.3, 0.4) is 0 Å². The molecule has 0 radical (unpaired) electrons. The zero-order valence-electron chi connectivity index (χ0n) is 19.8. The van der Waals surface area contributed by atoms with Crippen LogP contribution in [0.15, 0.2) is 30.5 Å². The molecule has 0 saturated carbocycles. The molecule has 2 N–H and O–H groups in total. The molecule has 5 rings (SSSR count). The minimum atomic E-state index is -3.74. The van der Waals surface area contributed by atoms with Crippen molar-refractivity contribution in [3.05, 3.63) is 46.9 Å². The van der Waals surface area contributed by atoms with Gasteiger partial charge in [0.1, 0.15) is 0 Å². The predicted molar refractivity (Wildman–Crippen MR) is 126 cm³/mol. The SMILES string of the molecule is CNCc1cc(C2CN([C@@H](C)C(=O)Nc3nc4cc5c(cc4s3)OC(F)(F)O5)CCC2(F)F)cc[n+]1[O-]. The van der Waals surface area contributed by atoms with E-state index in [0.29, 0.717) is 26.2 Å². The van der Waals surface area contributed by atoms with Crippen LogP contribution in [0.1, 0.15) is 30.5 Å². The van der Waals surface area contributed by atoms with E-state index in [4.69, 9.17) is 0 Å². The molecule has 3 aromatic rings. The first-order valence-corrected chi connectivity index (χ1v) is 12.3. The molecule has 2 aliphatic rings. The lowest BCUT2D eigenvalue weighted by Crippen LogP contribution is -2.52. The van der Waals surface area contributed by atoms with Crippen molar-refractivity contribution in [2.24, 2.45) is 0 Å². The third kappa shape index (κ3) is 5.00. The maximum atomic E-state index is 14.9. The van der Waals surface area contributed by atoms with Crippen LogP contribution in [-0.2, 0) is 11.3 Å². The summed E-state index contributed by atoms with van der Waals surface area (Å²) in [4.78, 5) is 18.9. The second-order valence-electron chi connectivity index (χ2n) is 8.98. The van der Waals surface area contributed by atoms with Crippen LogP contribution in [-0.4, -0.2) is 54.2 Å². The Kier molecular flexibility index (Phi) is 6.36. The average molecular weight is 542 g/mol. The lowest BCUT2D eigenvalue weighted by molar-refractivity contribution is -0.614. The first-order valence-electron chi connectivity index (χ1n) is 11.5. The number of pyridine rings is 1. The van der Waals surface area contributed by atoms with Gasteiger partial charge in [0.25, 0.3) is 5.92 Å². The monoisotopic (exact) mass is 541 g/mol. The largest absolute Gasteiger partial charge is 0.618 e. The minimum absolute atomic E-state index is 0.00526. The second-order valence-corrected chi connectivity index (χ2v) is 10.0. The van der Waals surface area contributed by atoms with E-state index in [1.54, 1.807) is 18.9 Å². The van der Waals surface area contributed by atoms with Crippen molar-refractivity contribution in [2.45, 2.75) is 44.1 Å². The van der Waals surface area contributed by atoms with E-state index in [0.717, 1.165) is 11.3 Å². The lowest BCUT2D eigenvalue weighted by atomic mass is 9.86. The van der Waals surface area contributed by atoms with Gasteiger partial charge in [-0.15, -0.1) is 8.78 Å². The molecule has 198 valence electrons. The number of anilines is 1. The van der Waals surface area contributed by atoms with E-state index in [-0.39, 0.29) is 36.3 Å². The van der Waals surface area contributed by atoms with Gasteiger partial charge in [0, 0.05) is 43.8 Å². The van der Waals surface area contributed by atoms with Crippen molar-refractivity contribution in [3.63, 3.8) is 0 Å². The number of alkyl halides is 4. The highest BCUT2D eigenvalue weighted by molar-refractivity contribution is 7.22. The normalized spacial score (nSPS) is 21.2. The molecule has 37 heavy (non-hydrogen) atoms. The Labute approximate surface area is 212 Å². The zero-order chi connectivity index (χ0) is 26.5. The number of carbonyl (C=O) groups excluding carboxylic acids is 1. The first-order chi connectivity index (χ1) is 17.5. The number of likely N-dealkylation sites (tertiary alicyclic amines) is 1. The molecule has 14 heteroatoms. The predicted octanol–water partition coefficient (Wildman–Crippen LogP) is 3.42. The standard InChI is InChI=1S/C23H23F4N5O4S/c1-12(20(33)30-21-29-16-8-17-18(9-19(16)37-21)36-23(26,27)35-17)31-6-4-22(24,25)15(11-31)13-3-5-32(34)14(7-13)10-28-2/h3,5,7-9,12,15,28H,4,6,10-11H2,1-2H3,(H,29,30,33)/t12-,15?/m0/s1. The van der Waals surface area contributed by atoms with E-state index < -0.39 is 36.5 Å². The summed E-state index contributed by atoms with van der Waals surface area (Å²) < 4.78 is 66.4. The van der Waals surface area contributed by atoms with Gasteiger partial charge in [0.05, 0.1) is 28.7 Å². The minimum Gasteiger partial charge on any atom is -0.618 e. The Morgan fingerprint density at radius 2 is 2.03 bits per heavy atom. The summed E-state index contributed by atoms with van der Waals surface area (Å²) in [5.41, 5.74) is 0.983. The van der Waals surface area contributed by atoms with E-state index in [2.05, 4.69) is 25.1 Å². The number of thiazole rings is 1. The van der Waals surface area contributed by atoms with Gasteiger partial charge in [0.15, 0.2) is 22.8 Å². The Morgan fingerprint density at radius 3 is 2.76 bits per heavy atom. The topological polar surface area (TPSA) is 103 Å². The second kappa shape index (κ2) is 9.26. The molecule has 2 aromatic heterocycles. The van der Waals surface area contributed by atoms with Crippen LogP contribution < -0.4 is 24.8 Å². The third-order valence-electron chi connectivity index (χ3n) is 6.51. The van der Waals surface area contributed by atoms with Gasteiger partial charge in [-0.1, -0.05) is 11.3 Å². The summed E-state index contributed by atoms with van der Waals surface area (Å²) in [6.45, 7) is 1.76. The Hall–Kier alpha value is -3.23. The van der Waals surface area contributed by atoms with Crippen molar-refractivity contribution < 1.29 is 36.6 Å². The van der Waals surface area contributed by atoms with Crippen molar-refractivity contribution in [1.29, 1.82) is 0 Å². The number of rotatable bonds is 6. The molecular weight excluding hydrogens is 518 g/mol. The maximum absolute atomic E-state index is 14.9. The van der Waals surface area contributed by atoms with Crippen molar-refractivity contribution in [2.75, 3.05) is 25.5 Å². The molecule has 1 unspecified atom stereocenters. The number of nitrogens with one attached hydrogen (secondary N) is 2. The van der Waals surface area contributed by atoms with E-state index in [9.17, 15) is 27.6 Å². The average Bonchev–Trinajstić information content (AvgIpc) is 3.34. The number of amides is 1. The number of hydrogen-bond donors (Lipinski definition) is 2. The van der Waals surface area contributed by atoms with Crippen molar-refractivity contribution in [1.82, 2.24) is 15.2 Å². The van der Waals surface area contributed by atoms with Gasteiger partial charge < -0.3 is 25.3 Å². The van der Waals surface area contributed by atoms with Crippen LogP contribution in [0.25, 0.3) is 10.2 Å². The quantitative estimate of drug-likeness (QED) is 0.280. The van der Waals surface area contributed by atoms with E-state index in [1.807, 2.05) is 0 Å². The molecule has 2 aliphatic heterocycles. The summed E-state index contributed by atoms with van der Waals surface area (Å²) in [5, 5.41) is 17.7. The van der Waals surface area contributed by atoms with Crippen LogP contribution in [0, 0.1) is 5.21 Å². The van der Waals surface area contributed by atoms with Crippen LogP contribution >= 0.6 is 11.3 Å². The molecule has 9 nitrogen and oxygen atoms in total. The summed E-state index contributed by atoms with van der Waals surface area (Å²) in [6.07, 6.45) is -2.97. The maximum Gasteiger partial charge on any atom is 0.586 e. The van der Waals surface area contributed by atoms with E-state index >= 15 is 0 Å². The number of nitrogens with zero attached hydrogens (tertiary/aromatic N) is 3. The fraction of sp³-hybridized carbons (Fsp3) is 0.435. The molecule has 1 fully saturated rings. The number of aromatic nitrogens is 2. The van der Waals surface area contributed by atoms with E-state index in [1.165, 1.54) is 30.5 Å². The van der Waals surface area contributed by atoms with Gasteiger partial charge >= 0.3 is 6.29 Å². The number of benzene rings is 1. The molecular formula is C23H23F4N5O4S. The van der Waals surface area contributed by atoms with Crippen LogP contribution in [0.5, 0.6) is 11.5 Å². The third-order valence-corrected chi connectivity index (χ3v) is 7.44. The number of halogens is 4.